The third-order valence-corrected chi connectivity index (χ3v) is 3.64. The number of hydrogen-bond acceptors (Lipinski definition) is 4. The summed E-state index contributed by atoms with van der Waals surface area (Å²) in [5.74, 6) is 1.81. The zero-order chi connectivity index (χ0) is 12.5. The number of para-hydroxylation sites is 1. The van der Waals surface area contributed by atoms with Crippen molar-refractivity contribution in [1.82, 2.24) is 5.16 Å². The van der Waals surface area contributed by atoms with Gasteiger partial charge in [0.1, 0.15) is 5.75 Å². The van der Waals surface area contributed by atoms with Gasteiger partial charge in [-0.3, -0.25) is 0 Å². The summed E-state index contributed by atoms with van der Waals surface area (Å²) in [6.45, 7) is 0.751. The Hall–Kier alpha value is -1.49. The Labute approximate surface area is 113 Å². The SMILES string of the molecule is Nc1oncc1-c1cccc(Br)c1OCC1CC1. The maximum absolute atomic E-state index is 5.90. The predicted octanol–water partition coefficient (Wildman–Crippen LogP) is 3.48. The highest BCUT2D eigenvalue weighted by molar-refractivity contribution is 9.10. The van der Waals surface area contributed by atoms with Gasteiger partial charge in [-0.05, 0) is 40.8 Å². The van der Waals surface area contributed by atoms with Gasteiger partial charge in [0, 0.05) is 5.56 Å². The maximum atomic E-state index is 5.90. The molecule has 0 saturated heterocycles. The molecule has 0 atom stereocenters. The van der Waals surface area contributed by atoms with Crippen molar-refractivity contribution >= 4 is 21.8 Å². The Bertz CT molecular complexity index is 564. The minimum Gasteiger partial charge on any atom is -0.491 e. The minimum atomic E-state index is 0.310. The lowest BCUT2D eigenvalue weighted by Gasteiger charge is -2.12. The summed E-state index contributed by atoms with van der Waals surface area (Å²) in [6, 6.07) is 5.85. The van der Waals surface area contributed by atoms with E-state index in [1.54, 1.807) is 6.20 Å². The van der Waals surface area contributed by atoms with E-state index in [0.29, 0.717) is 11.8 Å². The van der Waals surface area contributed by atoms with Crippen molar-refractivity contribution in [3.8, 4) is 16.9 Å². The zero-order valence-corrected chi connectivity index (χ0v) is 11.3. The van der Waals surface area contributed by atoms with Crippen molar-refractivity contribution in [1.29, 1.82) is 0 Å². The smallest absolute Gasteiger partial charge is 0.230 e. The molecule has 94 valence electrons. The van der Waals surface area contributed by atoms with Crippen LogP contribution in [-0.2, 0) is 0 Å². The number of halogens is 1. The van der Waals surface area contributed by atoms with E-state index in [4.69, 9.17) is 15.0 Å². The highest BCUT2D eigenvalue weighted by atomic mass is 79.9. The van der Waals surface area contributed by atoms with E-state index in [1.165, 1.54) is 12.8 Å². The van der Waals surface area contributed by atoms with Crippen molar-refractivity contribution in [2.24, 2.45) is 5.92 Å². The van der Waals surface area contributed by atoms with Gasteiger partial charge < -0.3 is 15.0 Å². The second kappa shape index (κ2) is 4.65. The molecule has 18 heavy (non-hydrogen) atoms. The first-order valence-corrected chi connectivity index (χ1v) is 6.67. The van der Waals surface area contributed by atoms with Crippen molar-refractivity contribution in [3.05, 3.63) is 28.9 Å². The quantitative estimate of drug-likeness (QED) is 0.939. The molecule has 1 heterocycles. The predicted molar refractivity (Wildman–Crippen MR) is 72.3 cm³/mol. The summed E-state index contributed by atoms with van der Waals surface area (Å²) < 4.78 is 11.7. The number of rotatable bonds is 4. The van der Waals surface area contributed by atoms with E-state index >= 15 is 0 Å². The number of nitrogens with zero attached hydrogens (tertiary/aromatic N) is 1. The van der Waals surface area contributed by atoms with Crippen LogP contribution in [-0.4, -0.2) is 11.8 Å². The molecule has 0 spiro atoms. The average Bonchev–Trinajstić information content (AvgIpc) is 3.09. The van der Waals surface area contributed by atoms with E-state index in [2.05, 4.69) is 21.1 Å². The van der Waals surface area contributed by atoms with Crippen LogP contribution in [0.1, 0.15) is 12.8 Å². The maximum Gasteiger partial charge on any atom is 0.230 e. The second-order valence-electron chi connectivity index (χ2n) is 4.47. The van der Waals surface area contributed by atoms with Gasteiger partial charge in [-0.2, -0.15) is 0 Å². The van der Waals surface area contributed by atoms with Gasteiger partial charge in [0.25, 0.3) is 0 Å². The molecule has 0 bridgehead atoms. The Balaban J connectivity index is 1.97. The zero-order valence-electron chi connectivity index (χ0n) is 9.73. The largest absolute Gasteiger partial charge is 0.491 e. The van der Waals surface area contributed by atoms with Gasteiger partial charge in [-0.15, -0.1) is 0 Å². The van der Waals surface area contributed by atoms with Gasteiger partial charge >= 0.3 is 0 Å². The average molecular weight is 309 g/mol. The highest BCUT2D eigenvalue weighted by Gasteiger charge is 2.23. The molecule has 0 radical (unpaired) electrons. The van der Waals surface area contributed by atoms with Crippen LogP contribution in [0.3, 0.4) is 0 Å². The lowest BCUT2D eigenvalue weighted by atomic mass is 10.1. The molecule has 1 aromatic heterocycles. The standard InChI is InChI=1S/C13H13BrN2O2/c14-11-3-1-2-9(10-6-16-18-13(10)15)12(11)17-7-8-4-5-8/h1-3,6,8H,4-5,7,15H2. The number of anilines is 1. The fourth-order valence-corrected chi connectivity index (χ4v) is 2.28. The van der Waals surface area contributed by atoms with Gasteiger partial charge in [0.05, 0.1) is 22.8 Å². The lowest BCUT2D eigenvalue weighted by Crippen LogP contribution is -2.01. The fourth-order valence-electron chi connectivity index (χ4n) is 1.80. The van der Waals surface area contributed by atoms with Crippen LogP contribution in [0.4, 0.5) is 5.88 Å². The van der Waals surface area contributed by atoms with Crippen LogP contribution in [0.2, 0.25) is 0 Å². The summed E-state index contributed by atoms with van der Waals surface area (Å²) in [5.41, 5.74) is 7.43. The number of ether oxygens (including phenoxy) is 1. The third-order valence-electron chi connectivity index (χ3n) is 3.02. The van der Waals surface area contributed by atoms with Crippen LogP contribution in [0, 0.1) is 5.92 Å². The van der Waals surface area contributed by atoms with Gasteiger partial charge in [-0.25, -0.2) is 0 Å². The second-order valence-corrected chi connectivity index (χ2v) is 5.33. The first-order chi connectivity index (χ1) is 8.75. The Kier molecular flexibility index (Phi) is 2.99. The number of hydrogen-bond donors (Lipinski definition) is 1. The van der Waals surface area contributed by atoms with Gasteiger partial charge in [-0.1, -0.05) is 17.3 Å². The van der Waals surface area contributed by atoms with Crippen LogP contribution in [0.5, 0.6) is 5.75 Å². The topological polar surface area (TPSA) is 61.3 Å². The number of nitrogens with two attached hydrogens (primary N) is 1. The molecule has 1 aliphatic carbocycles. The molecule has 0 unspecified atom stereocenters. The van der Waals surface area contributed by atoms with E-state index in [1.807, 2.05) is 18.2 Å². The molecule has 5 heteroatoms. The van der Waals surface area contributed by atoms with Crippen LogP contribution in [0.15, 0.2) is 33.4 Å². The van der Waals surface area contributed by atoms with Gasteiger partial charge in [0.2, 0.25) is 5.88 Å². The molecule has 1 aliphatic rings. The Morgan fingerprint density at radius 2 is 2.22 bits per heavy atom. The molecule has 2 N–H and O–H groups in total. The molecule has 0 amide bonds. The molecule has 1 saturated carbocycles. The molecule has 0 aliphatic heterocycles. The number of nitrogen functional groups attached to an aromatic ring is 1. The first kappa shape index (κ1) is 11.6. The summed E-state index contributed by atoms with van der Waals surface area (Å²) in [5, 5.41) is 3.71. The summed E-state index contributed by atoms with van der Waals surface area (Å²) in [7, 11) is 0. The van der Waals surface area contributed by atoms with Crippen LogP contribution in [0.25, 0.3) is 11.1 Å². The van der Waals surface area contributed by atoms with E-state index in [9.17, 15) is 0 Å². The van der Waals surface area contributed by atoms with Gasteiger partial charge in [0.15, 0.2) is 0 Å². The molecular formula is C13H13BrN2O2. The van der Waals surface area contributed by atoms with E-state index in [0.717, 1.165) is 28.0 Å². The molecule has 2 aromatic rings. The molecule has 1 fully saturated rings. The monoisotopic (exact) mass is 308 g/mol. The number of aromatic nitrogens is 1. The molecule has 4 nitrogen and oxygen atoms in total. The lowest BCUT2D eigenvalue weighted by molar-refractivity contribution is 0.299. The van der Waals surface area contributed by atoms with Crippen molar-refractivity contribution < 1.29 is 9.26 Å². The first-order valence-electron chi connectivity index (χ1n) is 5.87. The summed E-state index contributed by atoms with van der Waals surface area (Å²) >= 11 is 3.51. The highest BCUT2D eigenvalue weighted by Crippen LogP contribution is 2.40. The molecule has 1 aromatic carbocycles. The van der Waals surface area contributed by atoms with Crippen molar-refractivity contribution in [2.45, 2.75) is 12.8 Å². The minimum absolute atomic E-state index is 0.310. The van der Waals surface area contributed by atoms with Crippen molar-refractivity contribution in [3.63, 3.8) is 0 Å². The van der Waals surface area contributed by atoms with E-state index in [-0.39, 0.29) is 0 Å². The molecule has 3 rings (SSSR count). The summed E-state index contributed by atoms with van der Waals surface area (Å²) in [4.78, 5) is 0. The van der Waals surface area contributed by atoms with E-state index < -0.39 is 0 Å². The fraction of sp³-hybridized carbons (Fsp3) is 0.308. The van der Waals surface area contributed by atoms with Crippen LogP contribution < -0.4 is 10.5 Å². The van der Waals surface area contributed by atoms with Crippen molar-refractivity contribution in [2.75, 3.05) is 12.3 Å². The Morgan fingerprint density at radius 1 is 1.39 bits per heavy atom. The van der Waals surface area contributed by atoms with Crippen LogP contribution >= 0.6 is 15.9 Å². The summed E-state index contributed by atoms with van der Waals surface area (Å²) in [6.07, 6.45) is 4.13. The Morgan fingerprint density at radius 3 is 2.89 bits per heavy atom. The number of benzene rings is 1. The molecular weight excluding hydrogens is 296 g/mol. The third kappa shape index (κ3) is 2.22. The normalized spacial score (nSPS) is 14.7.